The molecule has 1 amide bonds. The number of para-hydroxylation sites is 2. The van der Waals surface area contributed by atoms with Crippen molar-refractivity contribution in [1.29, 1.82) is 0 Å². The molecular weight excluding hydrogens is 326 g/mol. The van der Waals surface area contributed by atoms with E-state index in [-0.39, 0.29) is 18.4 Å². The van der Waals surface area contributed by atoms with Crippen LogP contribution >= 0.6 is 0 Å². The van der Waals surface area contributed by atoms with Crippen LogP contribution < -0.4 is 14.8 Å². The summed E-state index contributed by atoms with van der Waals surface area (Å²) < 4.78 is 10.8. The predicted octanol–water partition coefficient (Wildman–Crippen LogP) is 4.19. The summed E-state index contributed by atoms with van der Waals surface area (Å²) in [6, 6.07) is 7.48. The molecule has 142 valence electrons. The third kappa shape index (κ3) is 6.63. The van der Waals surface area contributed by atoms with Gasteiger partial charge < -0.3 is 14.8 Å². The molecule has 0 radical (unpaired) electrons. The van der Waals surface area contributed by atoms with E-state index in [1.165, 1.54) is 32.1 Å². The second-order valence-electron chi connectivity index (χ2n) is 6.87. The molecule has 2 rings (SSSR count). The number of unbranched alkanes of at least 4 members (excludes halogenated alkanes) is 1. The van der Waals surface area contributed by atoms with Crippen LogP contribution in [0, 0.1) is 23.7 Å². The van der Waals surface area contributed by atoms with Crippen LogP contribution in [0.1, 0.15) is 51.9 Å². The lowest BCUT2D eigenvalue weighted by molar-refractivity contribution is -0.125. The minimum absolute atomic E-state index is 0.152. The number of amides is 1. The van der Waals surface area contributed by atoms with E-state index < -0.39 is 0 Å². The highest BCUT2D eigenvalue weighted by Crippen LogP contribution is 2.31. The van der Waals surface area contributed by atoms with Gasteiger partial charge in [-0.05, 0) is 43.7 Å². The maximum Gasteiger partial charge on any atom is 0.223 e. The minimum atomic E-state index is 0.152. The van der Waals surface area contributed by atoms with Crippen LogP contribution in [0.5, 0.6) is 11.5 Å². The number of carbonyl (C=O) groups excluding carboxylic acids is 1. The molecule has 1 aromatic rings. The van der Waals surface area contributed by atoms with E-state index in [9.17, 15) is 4.79 Å². The van der Waals surface area contributed by atoms with Crippen molar-refractivity contribution in [3.05, 3.63) is 24.3 Å². The number of benzene rings is 1. The standard InChI is InChI=1S/C22H31NO3/c1-3-4-9-18-12-14-19(15-13-18)22(24)23-16-7-8-17-26-21-11-6-5-10-20(21)25-2/h5-6,10-11,18-19H,3-4,9,12-17H2,1-2H3,(H,23,24). The molecule has 0 aromatic heterocycles. The summed E-state index contributed by atoms with van der Waals surface area (Å²) in [5.41, 5.74) is 0. The second-order valence-corrected chi connectivity index (χ2v) is 6.87. The van der Waals surface area contributed by atoms with Crippen molar-refractivity contribution in [2.24, 2.45) is 11.8 Å². The highest BCUT2D eigenvalue weighted by atomic mass is 16.5. The van der Waals surface area contributed by atoms with Crippen LogP contribution in [0.2, 0.25) is 0 Å². The number of hydrogen-bond donors (Lipinski definition) is 1. The van der Waals surface area contributed by atoms with E-state index in [1.54, 1.807) is 7.11 Å². The topological polar surface area (TPSA) is 47.6 Å². The van der Waals surface area contributed by atoms with Crippen LogP contribution in [0.25, 0.3) is 0 Å². The smallest absolute Gasteiger partial charge is 0.223 e. The van der Waals surface area contributed by atoms with Crippen molar-refractivity contribution < 1.29 is 14.3 Å². The fourth-order valence-electron chi connectivity index (χ4n) is 3.45. The first kappa shape index (κ1) is 20.2. The Morgan fingerprint density at radius 2 is 1.88 bits per heavy atom. The number of carbonyl (C=O) groups is 1. The predicted molar refractivity (Wildman–Crippen MR) is 104 cm³/mol. The monoisotopic (exact) mass is 357 g/mol. The first-order valence-corrected chi connectivity index (χ1v) is 9.73. The Labute approximate surface area is 157 Å². The Morgan fingerprint density at radius 3 is 2.58 bits per heavy atom. The molecule has 0 aliphatic heterocycles. The summed E-state index contributed by atoms with van der Waals surface area (Å²) in [7, 11) is 1.61. The minimum Gasteiger partial charge on any atom is -0.493 e. The summed E-state index contributed by atoms with van der Waals surface area (Å²) in [6.07, 6.45) is 8.32. The van der Waals surface area contributed by atoms with Crippen molar-refractivity contribution in [2.75, 3.05) is 20.3 Å². The van der Waals surface area contributed by atoms with E-state index >= 15 is 0 Å². The molecule has 0 unspecified atom stereocenters. The van der Waals surface area contributed by atoms with Gasteiger partial charge in [-0.15, -0.1) is 0 Å². The number of nitrogens with one attached hydrogen (secondary N) is 1. The summed E-state index contributed by atoms with van der Waals surface area (Å²) in [5.74, 6) is 8.39. The van der Waals surface area contributed by atoms with Gasteiger partial charge in [0, 0.05) is 5.92 Å². The fourth-order valence-corrected chi connectivity index (χ4v) is 3.45. The van der Waals surface area contributed by atoms with E-state index in [1.807, 2.05) is 24.3 Å². The normalized spacial score (nSPS) is 19.2. The van der Waals surface area contributed by atoms with E-state index in [2.05, 4.69) is 24.1 Å². The Kier molecular flexibility index (Phi) is 8.89. The first-order valence-electron chi connectivity index (χ1n) is 9.73. The van der Waals surface area contributed by atoms with Gasteiger partial charge in [0.2, 0.25) is 5.91 Å². The summed E-state index contributed by atoms with van der Waals surface area (Å²) in [6.45, 7) is 2.89. The molecule has 1 aliphatic carbocycles. The zero-order chi connectivity index (χ0) is 18.6. The number of rotatable bonds is 8. The molecule has 4 heteroatoms. The lowest BCUT2D eigenvalue weighted by atomic mass is 9.79. The highest BCUT2D eigenvalue weighted by molar-refractivity contribution is 5.78. The van der Waals surface area contributed by atoms with Gasteiger partial charge >= 0.3 is 0 Å². The largest absolute Gasteiger partial charge is 0.493 e. The third-order valence-corrected chi connectivity index (χ3v) is 5.03. The van der Waals surface area contributed by atoms with Crippen molar-refractivity contribution in [3.63, 3.8) is 0 Å². The SMILES string of the molecule is CCCCC1CCC(C(=O)NCC#CCOc2ccccc2OC)CC1. The lowest BCUT2D eigenvalue weighted by Gasteiger charge is -2.27. The highest BCUT2D eigenvalue weighted by Gasteiger charge is 2.25. The first-order chi connectivity index (χ1) is 12.7. The molecule has 1 aromatic carbocycles. The summed E-state index contributed by atoms with van der Waals surface area (Å²) in [4.78, 5) is 12.2. The van der Waals surface area contributed by atoms with E-state index in [0.717, 1.165) is 18.8 Å². The van der Waals surface area contributed by atoms with E-state index in [4.69, 9.17) is 9.47 Å². The van der Waals surface area contributed by atoms with Gasteiger partial charge in [-0.3, -0.25) is 4.79 Å². The van der Waals surface area contributed by atoms with Crippen molar-refractivity contribution >= 4 is 5.91 Å². The fraction of sp³-hybridized carbons (Fsp3) is 0.591. The molecule has 26 heavy (non-hydrogen) atoms. The van der Waals surface area contributed by atoms with Crippen LogP contribution in [0.4, 0.5) is 0 Å². The maximum atomic E-state index is 12.2. The average molecular weight is 357 g/mol. The second kappa shape index (κ2) is 11.5. The average Bonchev–Trinajstić information content (AvgIpc) is 2.69. The Balaban J connectivity index is 1.63. The Morgan fingerprint density at radius 1 is 1.15 bits per heavy atom. The van der Waals surface area contributed by atoms with Crippen LogP contribution in [0.15, 0.2) is 24.3 Å². The van der Waals surface area contributed by atoms with E-state index in [0.29, 0.717) is 18.0 Å². The molecule has 4 nitrogen and oxygen atoms in total. The van der Waals surface area contributed by atoms with Gasteiger partial charge in [-0.25, -0.2) is 0 Å². The molecule has 1 saturated carbocycles. The molecule has 0 bridgehead atoms. The van der Waals surface area contributed by atoms with Crippen molar-refractivity contribution in [1.82, 2.24) is 5.32 Å². The molecule has 1 N–H and O–H groups in total. The van der Waals surface area contributed by atoms with Gasteiger partial charge in [0.25, 0.3) is 0 Å². The number of ether oxygens (including phenoxy) is 2. The Bertz CT molecular complexity index is 609. The molecule has 0 saturated heterocycles. The molecule has 1 aliphatic rings. The van der Waals surface area contributed by atoms with Gasteiger partial charge in [-0.2, -0.15) is 0 Å². The molecule has 0 heterocycles. The van der Waals surface area contributed by atoms with Crippen molar-refractivity contribution in [2.45, 2.75) is 51.9 Å². The van der Waals surface area contributed by atoms with Gasteiger partial charge in [-0.1, -0.05) is 50.2 Å². The zero-order valence-electron chi connectivity index (χ0n) is 16.1. The number of hydrogen-bond acceptors (Lipinski definition) is 3. The third-order valence-electron chi connectivity index (χ3n) is 5.03. The van der Waals surface area contributed by atoms with Gasteiger partial charge in [0.05, 0.1) is 13.7 Å². The quantitative estimate of drug-likeness (QED) is 0.710. The van der Waals surface area contributed by atoms with Crippen molar-refractivity contribution in [3.8, 4) is 23.3 Å². The van der Waals surface area contributed by atoms with Crippen LogP contribution in [0.3, 0.4) is 0 Å². The van der Waals surface area contributed by atoms with Crippen LogP contribution in [-0.2, 0) is 4.79 Å². The maximum absolute atomic E-state index is 12.2. The molecular formula is C22H31NO3. The van der Waals surface area contributed by atoms with Gasteiger partial charge in [0.15, 0.2) is 11.5 Å². The summed E-state index contributed by atoms with van der Waals surface area (Å²) >= 11 is 0. The lowest BCUT2D eigenvalue weighted by Crippen LogP contribution is -2.33. The molecule has 0 atom stereocenters. The summed E-state index contributed by atoms with van der Waals surface area (Å²) in [5, 5.41) is 2.94. The van der Waals surface area contributed by atoms with Gasteiger partial charge in [0.1, 0.15) is 6.61 Å². The molecule has 0 spiro atoms. The zero-order valence-corrected chi connectivity index (χ0v) is 16.1. The van der Waals surface area contributed by atoms with Crippen LogP contribution in [-0.4, -0.2) is 26.2 Å². The Hall–Kier alpha value is -2.15. The molecule has 1 fully saturated rings. The number of methoxy groups -OCH3 is 1.